The van der Waals surface area contributed by atoms with Crippen LogP contribution in [-0.4, -0.2) is 36.1 Å². The van der Waals surface area contributed by atoms with Crippen molar-refractivity contribution >= 4 is 0 Å². The van der Waals surface area contributed by atoms with Crippen molar-refractivity contribution < 1.29 is 0 Å². The summed E-state index contributed by atoms with van der Waals surface area (Å²) >= 11 is 0. The van der Waals surface area contributed by atoms with Crippen LogP contribution in [0, 0.1) is 5.92 Å². The zero-order chi connectivity index (χ0) is 15.1. The second kappa shape index (κ2) is 8.53. The van der Waals surface area contributed by atoms with Gasteiger partial charge in [-0.2, -0.15) is 0 Å². The number of nitrogens with zero attached hydrogens (tertiary/aromatic N) is 1. The van der Waals surface area contributed by atoms with Gasteiger partial charge in [-0.15, -0.1) is 0 Å². The van der Waals surface area contributed by atoms with Crippen molar-refractivity contribution in [1.29, 1.82) is 0 Å². The Balaban J connectivity index is 1.92. The minimum Gasteiger partial charge on any atom is -0.311 e. The van der Waals surface area contributed by atoms with Gasteiger partial charge in [0.25, 0.3) is 0 Å². The third-order valence-corrected chi connectivity index (χ3v) is 5.65. The monoisotopic (exact) mass is 294 g/mol. The SMILES string of the molecule is CCCCCCN1CC(CC(C)C)NCC12CCCCC2. The van der Waals surface area contributed by atoms with Crippen molar-refractivity contribution in [2.45, 2.75) is 96.6 Å². The zero-order valence-corrected chi connectivity index (χ0v) is 14.8. The molecule has 0 aromatic heterocycles. The summed E-state index contributed by atoms with van der Waals surface area (Å²) in [7, 11) is 0. The standard InChI is InChI=1S/C19H38N2/c1-4-5-6-10-13-21-15-18(14-17(2)3)20-16-19(21)11-8-7-9-12-19/h17-18,20H,4-16H2,1-3H3. The van der Waals surface area contributed by atoms with Gasteiger partial charge in [0.05, 0.1) is 0 Å². The molecule has 1 atom stereocenters. The molecule has 0 aromatic carbocycles. The summed E-state index contributed by atoms with van der Waals surface area (Å²) in [5, 5.41) is 3.90. The van der Waals surface area contributed by atoms with Crippen molar-refractivity contribution in [2.24, 2.45) is 5.92 Å². The fourth-order valence-electron chi connectivity index (χ4n) is 4.46. The van der Waals surface area contributed by atoms with Crippen LogP contribution in [0.4, 0.5) is 0 Å². The molecule has 1 saturated carbocycles. The van der Waals surface area contributed by atoms with Gasteiger partial charge in [-0.1, -0.05) is 59.3 Å². The Morgan fingerprint density at radius 3 is 2.52 bits per heavy atom. The van der Waals surface area contributed by atoms with Crippen LogP contribution >= 0.6 is 0 Å². The molecule has 2 fully saturated rings. The van der Waals surface area contributed by atoms with E-state index in [1.165, 1.54) is 83.8 Å². The summed E-state index contributed by atoms with van der Waals surface area (Å²) < 4.78 is 0. The van der Waals surface area contributed by atoms with Crippen LogP contribution in [0.2, 0.25) is 0 Å². The van der Waals surface area contributed by atoms with Gasteiger partial charge >= 0.3 is 0 Å². The first-order valence-corrected chi connectivity index (χ1v) is 9.65. The molecule has 0 radical (unpaired) electrons. The molecule has 1 aliphatic carbocycles. The Bertz CT molecular complexity index is 281. The second-order valence-corrected chi connectivity index (χ2v) is 8.00. The maximum absolute atomic E-state index is 3.90. The van der Waals surface area contributed by atoms with E-state index in [-0.39, 0.29) is 0 Å². The molecule has 0 amide bonds. The highest BCUT2D eigenvalue weighted by Gasteiger charge is 2.41. The summed E-state index contributed by atoms with van der Waals surface area (Å²) in [5.41, 5.74) is 0.512. The Morgan fingerprint density at radius 2 is 1.86 bits per heavy atom. The van der Waals surface area contributed by atoms with Crippen molar-refractivity contribution in [3.63, 3.8) is 0 Å². The van der Waals surface area contributed by atoms with E-state index in [9.17, 15) is 0 Å². The molecule has 1 saturated heterocycles. The highest BCUT2D eigenvalue weighted by molar-refractivity contribution is 5.00. The second-order valence-electron chi connectivity index (χ2n) is 8.00. The number of nitrogens with one attached hydrogen (secondary N) is 1. The van der Waals surface area contributed by atoms with Crippen LogP contribution in [0.5, 0.6) is 0 Å². The molecule has 124 valence electrons. The predicted molar refractivity (Wildman–Crippen MR) is 92.8 cm³/mol. The Labute approximate surface area is 133 Å². The third kappa shape index (κ3) is 4.96. The molecule has 2 nitrogen and oxygen atoms in total. The Morgan fingerprint density at radius 1 is 1.10 bits per heavy atom. The maximum atomic E-state index is 3.90. The van der Waals surface area contributed by atoms with E-state index < -0.39 is 0 Å². The fourth-order valence-corrected chi connectivity index (χ4v) is 4.46. The van der Waals surface area contributed by atoms with Crippen LogP contribution in [0.1, 0.15) is 85.0 Å². The largest absolute Gasteiger partial charge is 0.311 e. The first-order chi connectivity index (χ1) is 10.2. The van der Waals surface area contributed by atoms with Gasteiger partial charge < -0.3 is 5.32 Å². The lowest BCUT2D eigenvalue weighted by Crippen LogP contribution is -2.65. The predicted octanol–water partition coefficient (Wildman–Crippen LogP) is 4.59. The van der Waals surface area contributed by atoms with Gasteiger partial charge in [0.15, 0.2) is 0 Å². The van der Waals surface area contributed by atoms with Crippen LogP contribution in [-0.2, 0) is 0 Å². The first-order valence-electron chi connectivity index (χ1n) is 9.65. The van der Waals surface area contributed by atoms with E-state index in [2.05, 4.69) is 31.0 Å². The zero-order valence-electron chi connectivity index (χ0n) is 14.8. The molecule has 2 aliphatic rings. The van der Waals surface area contributed by atoms with Gasteiger partial charge in [0.2, 0.25) is 0 Å². The average molecular weight is 295 g/mol. The number of unbranched alkanes of at least 4 members (excludes halogenated alkanes) is 3. The average Bonchev–Trinajstić information content (AvgIpc) is 2.47. The summed E-state index contributed by atoms with van der Waals surface area (Å²) in [6.07, 6.45) is 14.1. The molecular formula is C19H38N2. The molecule has 2 rings (SSSR count). The van der Waals surface area contributed by atoms with Crippen LogP contribution in [0.25, 0.3) is 0 Å². The number of piperazine rings is 1. The smallest absolute Gasteiger partial charge is 0.0334 e. The number of hydrogen-bond acceptors (Lipinski definition) is 2. The lowest BCUT2D eigenvalue weighted by Gasteiger charge is -2.52. The Kier molecular flexibility index (Phi) is 7.01. The van der Waals surface area contributed by atoms with E-state index >= 15 is 0 Å². The summed E-state index contributed by atoms with van der Waals surface area (Å²) in [6.45, 7) is 10.9. The van der Waals surface area contributed by atoms with Crippen LogP contribution in [0.15, 0.2) is 0 Å². The third-order valence-electron chi connectivity index (χ3n) is 5.65. The maximum Gasteiger partial charge on any atom is 0.0334 e. The minimum atomic E-state index is 0.512. The minimum absolute atomic E-state index is 0.512. The van der Waals surface area contributed by atoms with Crippen molar-refractivity contribution in [3.05, 3.63) is 0 Å². The molecule has 1 heterocycles. The number of hydrogen-bond donors (Lipinski definition) is 1. The van der Waals surface area contributed by atoms with Gasteiger partial charge in [-0.05, 0) is 38.1 Å². The van der Waals surface area contributed by atoms with Crippen molar-refractivity contribution in [1.82, 2.24) is 10.2 Å². The van der Waals surface area contributed by atoms with E-state index in [0.717, 1.165) is 12.0 Å². The summed E-state index contributed by atoms with van der Waals surface area (Å²) in [4.78, 5) is 2.91. The molecule has 1 N–H and O–H groups in total. The summed E-state index contributed by atoms with van der Waals surface area (Å²) in [6, 6.07) is 0.726. The van der Waals surface area contributed by atoms with Gasteiger partial charge in [0.1, 0.15) is 0 Å². The fraction of sp³-hybridized carbons (Fsp3) is 1.00. The van der Waals surface area contributed by atoms with Gasteiger partial charge in [0, 0.05) is 24.7 Å². The molecular weight excluding hydrogens is 256 g/mol. The molecule has 21 heavy (non-hydrogen) atoms. The lowest BCUT2D eigenvalue weighted by atomic mass is 9.77. The molecule has 1 spiro atoms. The Hall–Kier alpha value is -0.0800. The topological polar surface area (TPSA) is 15.3 Å². The van der Waals surface area contributed by atoms with Crippen LogP contribution in [0.3, 0.4) is 0 Å². The highest BCUT2D eigenvalue weighted by Crippen LogP contribution is 2.36. The molecule has 1 aliphatic heterocycles. The molecule has 2 heteroatoms. The number of rotatable bonds is 7. The van der Waals surface area contributed by atoms with Crippen molar-refractivity contribution in [3.8, 4) is 0 Å². The van der Waals surface area contributed by atoms with E-state index in [1.54, 1.807) is 0 Å². The molecule has 0 aromatic rings. The highest BCUT2D eigenvalue weighted by atomic mass is 15.3. The van der Waals surface area contributed by atoms with Gasteiger partial charge in [-0.25, -0.2) is 0 Å². The summed E-state index contributed by atoms with van der Waals surface area (Å²) in [5.74, 6) is 0.810. The molecule has 0 bridgehead atoms. The van der Waals surface area contributed by atoms with E-state index in [0.29, 0.717) is 5.54 Å². The first kappa shape index (κ1) is 17.3. The van der Waals surface area contributed by atoms with Gasteiger partial charge in [-0.3, -0.25) is 4.90 Å². The van der Waals surface area contributed by atoms with Crippen molar-refractivity contribution in [2.75, 3.05) is 19.6 Å². The van der Waals surface area contributed by atoms with E-state index in [4.69, 9.17) is 0 Å². The normalized spacial score (nSPS) is 26.6. The quantitative estimate of drug-likeness (QED) is 0.691. The molecule has 1 unspecified atom stereocenters. The van der Waals surface area contributed by atoms with Crippen LogP contribution < -0.4 is 5.32 Å². The van der Waals surface area contributed by atoms with E-state index in [1.807, 2.05) is 0 Å². The lowest BCUT2D eigenvalue weighted by molar-refractivity contribution is 0.00545.